The van der Waals surface area contributed by atoms with Gasteiger partial charge in [0.15, 0.2) is 11.5 Å². The smallest absolute Gasteiger partial charge is 0.251 e. The maximum atomic E-state index is 12.0. The molecule has 0 aliphatic rings. The summed E-state index contributed by atoms with van der Waals surface area (Å²) in [7, 11) is 3.03. The van der Waals surface area contributed by atoms with Crippen molar-refractivity contribution in [2.45, 2.75) is 32.7 Å². The first kappa shape index (κ1) is 17.8. The summed E-state index contributed by atoms with van der Waals surface area (Å²) >= 11 is 0. The molecule has 1 rings (SSSR count). The normalized spacial score (nSPS) is 11.5. The monoisotopic (exact) mass is 308 g/mol. The van der Waals surface area contributed by atoms with Crippen molar-refractivity contribution in [3.8, 4) is 11.5 Å². The Balaban J connectivity index is 2.57. The number of nitrogens with one attached hydrogen (secondary N) is 2. The first-order chi connectivity index (χ1) is 10.5. The molecular formula is C16H24N2O4. The molecule has 0 spiro atoms. The van der Waals surface area contributed by atoms with Crippen molar-refractivity contribution in [3.63, 3.8) is 0 Å². The van der Waals surface area contributed by atoms with Crippen LogP contribution in [0.25, 0.3) is 0 Å². The molecule has 2 N–H and O–H groups in total. The SMILES string of the molecule is CCCC(C)NC(=O)CNC(=O)c1ccc(OC)c(OC)c1. The molecular weight excluding hydrogens is 284 g/mol. The van der Waals surface area contributed by atoms with Gasteiger partial charge in [0.2, 0.25) is 5.91 Å². The van der Waals surface area contributed by atoms with Crippen LogP contribution in [0.1, 0.15) is 37.0 Å². The third-order valence-electron chi connectivity index (χ3n) is 3.18. The van der Waals surface area contributed by atoms with Gasteiger partial charge < -0.3 is 20.1 Å². The number of rotatable bonds is 8. The zero-order chi connectivity index (χ0) is 16.5. The molecule has 0 heterocycles. The van der Waals surface area contributed by atoms with Gasteiger partial charge in [-0.15, -0.1) is 0 Å². The van der Waals surface area contributed by atoms with Crippen molar-refractivity contribution in [2.75, 3.05) is 20.8 Å². The molecule has 1 aromatic carbocycles. The lowest BCUT2D eigenvalue weighted by atomic mass is 10.2. The molecule has 0 bridgehead atoms. The second-order valence-electron chi connectivity index (χ2n) is 5.01. The van der Waals surface area contributed by atoms with E-state index in [1.807, 2.05) is 6.92 Å². The topological polar surface area (TPSA) is 76.7 Å². The van der Waals surface area contributed by atoms with E-state index in [1.54, 1.807) is 18.2 Å². The highest BCUT2D eigenvalue weighted by molar-refractivity contribution is 5.97. The third kappa shape index (κ3) is 5.27. The van der Waals surface area contributed by atoms with Crippen molar-refractivity contribution < 1.29 is 19.1 Å². The second-order valence-corrected chi connectivity index (χ2v) is 5.01. The van der Waals surface area contributed by atoms with E-state index in [-0.39, 0.29) is 24.4 Å². The number of benzene rings is 1. The Bertz CT molecular complexity index is 517. The van der Waals surface area contributed by atoms with Gasteiger partial charge in [0, 0.05) is 11.6 Å². The van der Waals surface area contributed by atoms with Crippen LogP contribution in [0.2, 0.25) is 0 Å². The summed E-state index contributed by atoms with van der Waals surface area (Å²) in [6.45, 7) is 3.94. The number of methoxy groups -OCH3 is 2. The Hall–Kier alpha value is -2.24. The summed E-state index contributed by atoms with van der Waals surface area (Å²) in [5, 5.41) is 5.42. The predicted molar refractivity (Wildman–Crippen MR) is 84.4 cm³/mol. The van der Waals surface area contributed by atoms with Gasteiger partial charge >= 0.3 is 0 Å². The van der Waals surface area contributed by atoms with Crippen LogP contribution in [0.4, 0.5) is 0 Å². The van der Waals surface area contributed by atoms with E-state index in [0.717, 1.165) is 12.8 Å². The van der Waals surface area contributed by atoms with E-state index in [0.29, 0.717) is 17.1 Å². The van der Waals surface area contributed by atoms with Gasteiger partial charge in [-0.1, -0.05) is 13.3 Å². The quantitative estimate of drug-likeness (QED) is 0.767. The predicted octanol–water partition coefficient (Wildman–Crippen LogP) is 1.74. The minimum atomic E-state index is -0.334. The van der Waals surface area contributed by atoms with Crippen molar-refractivity contribution in [2.24, 2.45) is 0 Å². The van der Waals surface area contributed by atoms with Crippen LogP contribution in [0.3, 0.4) is 0 Å². The number of hydrogen-bond acceptors (Lipinski definition) is 4. The first-order valence-electron chi connectivity index (χ1n) is 7.31. The summed E-state index contributed by atoms with van der Waals surface area (Å²) in [5.74, 6) is 0.482. The molecule has 2 amide bonds. The van der Waals surface area contributed by atoms with E-state index in [2.05, 4.69) is 17.6 Å². The molecule has 1 unspecified atom stereocenters. The average molecular weight is 308 g/mol. The summed E-state index contributed by atoms with van der Waals surface area (Å²) in [6, 6.07) is 4.95. The van der Waals surface area contributed by atoms with Crippen LogP contribution in [0, 0.1) is 0 Å². The molecule has 0 radical (unpaired) electrons. The van der Waals surface area contributed by atoms with E-state index in [1.165, 1.54) is 14.2 Å². The van der Waals surface area contributed by atoms with Crippen molar-refractivity contribution >= 4 is 11.8 Å². The molecule has 0 aromatic heterocycles. The Kier molecular flexibility index (Phi) is 7.22. The number of ether oxygens (including phenoxy) is 2. The molecule has 1 aromatic rings. The van der Waals surface area contributed by atoms with E-state index in [4.69, 9.17) is 9.47 Å². The third-order valence-corrected chi connectivity index (χ3v) is 3.18. The van der Waals surface area contributed by atoms with Gasteiger partial charge in [-0.3, -0.25) is 9.59 Å². The molecule has 0 aliphatic carbocycles. The summed E-state index contributed by atoms with van der Waals surface area (Å²) in [4.78, 5) is 23.8. The van der Waals surface area contributed by atoms with Crippen LogP contribution < -0.4 is 20.1 Å². The van der Waals surface area contributed by atoms with Crippen LogP contribution >= 0.6 is 0 Å². The number of carbonyl (C=O) groups excluding carboxylic acids is 2. The lowest BCUT2D eigenvalue weighted by Crippen LogP contribution is -2.40. The largest absolute Gasteiger partial charge is 0.493 e. The molecule has 1 atom stereocenters. The minimum Gasteiger partial charge on any atom is -0.493 e. The number of amides is 2. The highest BCUT2D eigenvalue weighted by atomic mass is 16.5. The first-order valence-corrected chi connectivity index (χ1v) is 7.31. The number of hydrogen-bond donors (Lipinski definition) is 2. The molecule has 6 nitrogen and oxygen atoms in total. The van der Waals surface area contributed by atoms with Gasteiger partial charge in [0.05, 0.1) is 20.8 Å². The van der Waals surface area contributed by atoms with Crippen LogP contribution in [0.15, 0.2) is 18.2 Å². The molecule has 0 saturated heterocycles. The Labute approximate surface area is 131 Å². The highest BCUT2D eigenvalue weighted by Gasteiger charge is 2.12. The molecule has 0 saturated carbocycles. The van der Waals surface area contributed by atoms with Gasteiger partial charge in [-0.2, -0.15) is 0 Å². The van der Waals surface area contributed by atoms with Crippen molar-refractivity contribution in [3.05, 3.63) is 23.8 Å². The maximum absolute atomic E-state index is 12.0. The molecule has 122 valence electrons. The summed E-state index contributed by atoms with van der Waals surface area (Å²) < 4.78 is 10.3. The van der Waals surface area contributed by atoms with Crippen molar-refractivity contribution in [1.82, 2.24) is 10.6 Å². The zero-order valence-electron chi connectivity index (χ0n) is 13.6. The summed E-state index contributed by atoms with van der Waals surface area (Å²) in [5.41, 5.74) is 0.409. The zero-order valence-corrected chi connectivity index (χ0v) is 13.6. The molecule has 0 fully saturated rings. The average Bonchev–Trinajstić information content (AvgIpc) is 2.52. The Morgan fingerprint density at radius 2 is 1.86 bits per heavy atom. The van der Waals surface area contributed by atoms with E-state index >= 15 is 0 Å². The maximum Gasteiger partial charge on any atom is 0.251 e. The summed E-state index contributed by atoms with van der Waals surface area (Å²) in [6.07, 6.45) is 1.91. The Morgan fingerprint density at radius 3 is 2.45 bits per heavy atom. The fourth-order valence-electron chi connectivity index (χ4n) is 2.07. The lowest BCUT2D eigenvalue weighted by molar-refractivity contribution is -0.120. The standard InChI is InChI=1S/C16H24N2O4/c1-5-6-11(2)18-15(19)10-17-16(20)12-7-8-13(21-3)14(9-12)22-4/h7-9,11H,5-6,10H2,1-4H3,(H,17,20)(H,18,19). The Morgan fingerprint density at radius 1 is 1.18 bits per heavy atom. The highest BCUT2D eigenvalue weighted by Crippen LogP contribution is 2.27. The fourth-order valence-corrected chi connectivity index (χ4v) is 2.07. The van der Waals surface area contributed by atoms with Gasteiger partial charge in [0.1, 0.15) is 0 Å². The minimum absolute atomic E-state index is 0.0543. The van der Waals surface area contributed by atoms with Gasteiger partial charge in [-0.25, -0.2) is 0 Å². The van der Waals surface area contributed by atoms with E-state index < -0.39 is 0 Å². The number of carbonyl (C=O) groups is 2. The van der Waals surface area contributed by atoms with Crippen LogP contribution in [-0.4, -0.2) is 38.6 Å². The second kappa shape index (κ2) is 8.92. The molecule has 6 heteroatoms. The fraction of sp³-hybridized carbons (Fsp3) is 0.500. The van der Waals surface area contributed by atoms with Crippen molar-refractivity contribution in [1.29, 1.82) is 0 Å². The molecule has 0 aliphatic heterocycles. The van der Waals surface area contributed by atoms with Gasteiger partial charge in [-0.05, 0) is 31.5 Å². The van der Waals surface area contributed by atoms with Crippen LogP contribution in [0.5, 0.6) is 11.5 Å². The molecule has 22 heavy (non-hydrogen) atoms. The van der Waals surface area contributed by atoms with Gasteiger partial charge in [0.25, 0.3) is 5.91 Å². The van der Waals surface area contributed by atoms with Crippen LogP contribution in [-0.2, 0) is 4.79 Å². The lowest BCUT2D eigenvalue weighted by Gasteiger charge is -2.13. The van der Waals surface area contributed by atoms with E-state index in [9.17, 15) is 9.59 Å².